The number of hydrogen-bond acceptors (Lipinski definition) is 4. The van der Waals surface area contributed by atoms with E-state index in [1.807, 2.05) is 18.2 Å². The molecule has 0 aliphatic heterocycles. The van der Waals surface area contributed by atoms with E-state index >= 15 is 0 Å². The van der Waals surface area contributed by atoms with Crippen LogP contribution in [0.1, 0.15) is 30.7 Å². The van der Waals surface area contributed by atoms with E-state index in [1.165, 1.54) is 0 Å². The minimum absolute atomic E-state index is 0.0522. The molecule has 3 rings (SSSR count). The maximum absolute atomic E-state index is 5.56. The van der Waals surface area contributed by atoms with Crippen molar-refractivity contribution < 1.29 is 4.42 Å². The van der Waals surface area contributed by atoms with Crippen LogP contribution in [0.2, 0.25) is 0 Å². The highest BCUT2D eigenvalue weighted by Crippen LogP contribution is 2.24. The molecule has 0 saturated carbocycles. The van der Waals surface area contributed by atoms with Gasteiger partial charge in [0.1, 0.15) is 5.76 Å². The molecule has 4 nitrogen and oxygen atoms in total. The summed E-state index contributed by atoms with van der Waals surface area (Å²) in [7, 11) is 0. The standard InChI is InChI=1S/C16H17N3O/c1-2-7-19-16(15-4-3-10-20-15)12-5-6-13-14(11-12)18-9-8-17-13/h3-6,8-11,16,19H,2,7H2,1H3. The summed E-state index contributed by atoms with van der Waals surface area (Å²) in [4.78, 5) is 8.67. The first-order valence-corrected chi connectivity index (χ1v) is 6.86. The second-order valence-electron chi connectivity index (χ2n) is 4.71. The van der Waals surface area contributed by atoms with Crippen molar-refractivity contribution in [2.24, 2.45) is 0 Å². The highest BCUT2D eigenvalue weighted by Gasteiger charge is 2.16. The third-order valence-corrected chi connectivity index (χ3v) is 3.25. The highest BCUT2D eigenvalue weighted by molar-refractivity contribution is 5.74. The Morgan fingerprint density at radius 1 is 1.15 bits per heavy atom. The molecule has 0 saturated heterocycles. The first-order valence-electron chi connectivity index (χ1n) is 6.86. The normalized spacial score (nSPS) is 12.7. The lowest BCUT2D eigenvalue weighted by Crippen LogP contribution is -2.22. The monoisotopic (exact) mass is 267 g/mol. The summed E-state index contributed by atoms with van der Waals surface area (Å²) in [5, 5.41) is 3.51. The Balaban J connectivity index is 1.99. The van der Waals surface area contributed by atoms with Crippen molar-refractivity contribution in [2.45, 2.75) is 19.4 Å². The second kappa shape index (κ2) is 5.84. The summed E-state index contributed by atoms with van der Waals surface area (Å²) in [5.41, 5.74) is 2.95. The largest absolute Gasteiger partial charge is 0.467 e. The van der Waals surface area contributed by atoms with E-state index in [9.17, 15) is 0 Å². The number of furan rings is 1. The second-order valence-corrected chi connectivity index (χ2v) is 4.71. The van der Waals surface area contributed by atoms with Gasteiger partial charge in [-0.3, -0.25) is 9.97 Å². The molecular formula is C16H17N3O. The van der Waals surface area contributed by atoms with Gasteiger partial charge in [0, 0.05) is 12.4 Å². The van der Waals surface area contributed by atoms with E-state index in [0.717, 1.165) is 35.3 Å². The molecule has 2 aromatic heterocycles. The number of benzene rings is 1. The van der Waals surface area contributed by atoms with Crippen molar-refractivity contribution in [3.63, 3.8) is 0 Å². The summed E-state index contributed by atoms with van der Waals surface area (Å²) in [6.07, 6.45) is 6.20. The van der Waals surface area contributed by atoms with Crippen LogP contribution in [0.3, 0.4) is 0 Å². The summed E-state index contributed by atoms with van der Waals surface area (Å²) >= 11 is 0. The van der Waals surface area contributed by atoms with Gasteiger partial charge in [-0.25, -0.2) is 0 Å². The minimum Gasteiger partial charge on any atom is -0.467 e. The Labute approximate surface area is 117 Å². The molecule has 20 heavy (non-hydrogen) atoms. The molecule has 0 aliphatic carbocycles. The predicted molar refractivity (Wildman–Crippen MR) is 78.4 cm³/mol. The van der Waals surface area contributed by atoms with Crippen LogP contribution < -0.4 is 5.32 Å². The predicted octanol–water partition coefficient (Wildman–Crippen LogP) is 3.31. The minimum atomic E-state index is 0.0522. The Kier molecular flexibility index (Phi) is 3.74. The fourth-order valence-electron chi connectivity index (χ4n) is 2.29. The van der Waals surface area contributed by atoms with Crippen LogP contribution in [0.4, 0.5) is 0 Å². The zero-order chi connectivity index (χ0) is 13.8. The SMILES string of the molecule is CCCNC(c1ccc2nccnc2c1)c1ccco1. The molecule has 0 aliphatic rings. The zero-order valence-corrected chi connectivity index (χ0v) is 11.4. The van der Waals surface area contributed by atoms with Gasteiger partial charge in [0.2, 0.25) is 0 Å². The molecule has 1 N–H and O–H groups in total. The Morgan fingerprint density at radius 2 is 2.00 bits per heavy atom. The van der Waals surface area contributed by atoms with E-state index in [1.54, 1.807) is 18.7 Å². The average Bonchev–Trinajstić information content (AvgIpc) is 3.02. The fourth-order valence-corrected chi connectivity index (χ4v) is 2.29. The molecule has 1 aromatic carbocycles. The molecule has 3 aromatic rings. The quantitative estimate of drug-likeness (QED) is 0.770. The number of rotatable bonds is 5. The molecule has 0 fully saturated rings. The number of nitrogens with one attached hydrogen (secondary N) is 1. The first-order chi connectivity index (χ1) is 9.88. The van der Waals surface area contributed by atoms with Crippen LogP contribution in [-0.2, 0) is 0 Å². The molecule has 0 spiro atoms. The molecule has 0 bridgehead atoms. The van der Waals surface area contributed by atoms with E-state index in [2.05, 4.69) is 34.3 Å². The smallest absolute Gasteiger partial charge is 0.125 e. The Morgan fingerprint density at radius 3 is 2.75 bits per heavy atom. The zero-order valence-electron chi connectivity index (χ0n) is 11.4. The van der Waals surface area contributed by atoms with Crippen molar-refractivity contribution in [3.8, 4) is 0 Å². The van der Waals surface area contributed by atoms with Gasteiger partial charge < -0.3 is 9.73 Å². The van der Waals surface area contributed by atoms with E-state index in [4.69, 9.17) is 4.42 Å². The van der Waals surface area contributed by atoms with Crippen LogP contribution in [0.5, 0.6) is 0 Å². The number of fused-ring (bicyclic) bond motifs is 1. The van der Waals surface area contributed by atoms with Gasteiger partial charge in [-0.1, -0.05) is 13.0 Å². The van der Waals surface area contributed by atoms with E-state index in [0.29, 0.717) is 0 Å². The molecule has 0 amide bonds. The number of hydrogen-bond donors (Lipinski definition) is 1. The van der Waals surface area contributed by atoms with Gasteiger partial charge in [-0.05, 0) is 42.8 Å². The molecule has 1 atom stereocenters. The molecule has 102 valence electrons. The van der Waals surface area contributed by atoms with Gasteiger partial charge in [-0.2, -0.15) is 0 Å². The average molecular weight is 267 g/mol. The lowest BCUT2D eigenvalue weighted by molar-refractivity contribution is 0.447. The lowest BCUT2D eigenvalue weighted by atomic mass is 10.0. The van der Waals surface area contributed by atoms with Crippen LogP contribution in [0, 0.1) is 0 Å². The molecular weight excluding hydrogens is 250 g/mol. The van der Waals surface area contributed by atoms with Crippen molar-refractivity contribution in [2.75, 3.05) is 6.54 Å². The van der Waals surface area contributed by atoms with Gasteiger partial charge in [0.05, 0.1) is 23.3 Å². The molecule has 1 unspecified atom stereocenters. The van der Waals surface area contributed by atoms with Crippen LogP contribution in [0.25, 0.3) is 11.0 Å². The third kappa shape index (κ3) is 2.56. The number of nitrogens with zero attached hydrogens (tertiary/aromatic N) is 2. The van der Waals surface area contributed by atoms with Crippen LogP contribution >= 0.6 is 0 Å². The van der Waals surface area contributed by atoms with Crippen molar-refractivity contribution >= 4 is 11.0 Å². The molecule has 0 radical (unpaired) electrons. The van der Waals surface area contributed by atoms with Gasteiger partial charge in [-0.15, -0.1) is 0 Å². The van der Waals surface area contributed by atoms with Gasteiger partial charge in [0.15, 0.2) is 0 Å². The lowest BCUT2D eigenvalue weighted by Gasteiger charge is -2.17. The summed E-state index contributed by atoms with van der Waals surface area (Å²) in [5.74, 6) is 0.918. The number of aromatic nitrogens is 2. The summed E-state index contributed by atoms with van der Waals surface area (Å²) < 4.78 is 5.56. The maximum Gasteiger partial charge on any atom is 0.125 e. The van der Waals surface area contributed by atoms with Gasteiger partial charge >= 0.3 is 0 Å². The third-order valence-electron chi connectivity index (χ3n) is 3.25. The maximum atomic E-state index is 5.56. The van der Waals surface area contributed by atoms with Crippen LogP contribution in [0.15, 0.2) is 53.4 Å². The van der Waals surface area contributed by atoms with Crippen LogP contribution in [-0.4, -0.2) is 16.5 Å². The highest BCUT2D eigenvalue weighted by atomic mass is 16.3. The summed E-state index contributed by atoms with van der Waals surface area (Å²) in [6.45, 7) is 3.09. The molecule has 2 heterocycles. The van der Waals surface area contributed by atoms with E-state index in [-0.39, 0.29) is 6.04 Å². The molecule has 4 heteroatoms. The van der Waals surface area contributed by atoms with E-state index < -0.39 is 0 Å². The Bertz CT molecular complexity index is 679. The topological polar surface area (TPSA) is 51.0 Å². The van der Waals surface area contributed by atoms with Crippen molar-refractivity contribution in [1.82, 2.24) is 15.3 Å². The summed E-state index contributed by atoms with van der Waals surface area (Å²) in [6, 6.07) is 10.1. The van der Waals surface area contributed by atoms with Gasteiger partial charge in [0.25, 0.3) is 0 Å². The Hall–Kier alpha value is -2.20. The fraction of sp³-hybridized carbons (Fsp3) is 0.250. The van der Waals surface area contributed by atoms with Crippen molar-refractivity contribution in [1.29, 1.82) is 0 Å². The first kappa shape index (κ1) is 12.8. The van der Waals surface area contributed by atoms with Crippen molar-refractivity contribution in [3.05, 3.63) is 60.3 Å².